The molecule has 1 rings (SSSR count). The maximum absolute atomic E-state index is 13.0. The number of aryl methyl sites for hydroxylation is 1. The zero-order chi connectivity index (χ0) is 13.6. The largest absolute Gasteiger partial charge is 0.411 e. The number of halogens is 4. The molecular weight excluding hydrogens is 250 g/mol. The molecule has 2 nitrogen and oxygen atoms in total. The molecule has 0 unspecified atom stereocenters. The first-order chi connectivity index (χ1) is 8.38. The molecule has 0 saturated carbocycles. The number of rotatable bonds is 6. The van der Waals surface area contributed by atoms with Gasteiger partial charge in [-0.15, -0.1) is 0 Å². The molecule has 6 heteroatoms. The van der Waals surface area contributed by atoms with Crippen LogP contribution in [0.4, 0.5) is 17.6 Å². The van der Waals surface area contributed by atoms with Crippen LogP contribution in [0, 0.1) is 12.7 Å². The average molecular weight is 265 g/mol. The molecule has 1 aromatic rings. The Bertz CT molecular complexity index is 379. The van der Waals surface area contributed by atoms with Gasteiger partial charge in [0.25, 0.3) is 0 Å². The summed E-state index contributed by atoms with van der Waals surface area (Å²) in [6.07, 6.45) is -4.28. The van der Waals surface area contributed by atoms with Gasteiger partial charge in [0.2, 0.25) is 0 Å². The quantitative estimate of drug-likeness (QED) is 0.631. The average Bonchev–Trinajstić information content (AvgIpc) is 2.26. The van der Waals surface area contributed by atoms with Crippen molar-refractivity contribution in [3.63, 3.8) is 0 Å². The lowest BCUT2D eigenvalue weighted by molar-refractivity contribution is -0.173. The maximum atomic E-state index is 13.0. The van der Waals surface area contributed by atoms with Gasteiger partial charge in [0.05, 0.1) is 6.61 Å². The van der Waals surface area contributed by atoms with Gasteiger partial charge in [-0.05, 0) is 24.1 Å². The van der Waals surface area contributed by atoms with Gasteiger partial charge >= 0.3 is 6.18 Å². The monoisotopic (exact) mass is 265 g/mol. The predicted molar refractivity (Wildman–Crippen MR) is 59.7 cm³/mol. The SMILES string of the molecule is Cc1cc(CNCCOCC(F)(F)F)ccc1F. The van der Waals surface area contributed by atoms with E-state index in [0.717, 1.165) is 5.56 Å². The fourth-order valence-corrected chi connectivity index (χ4v) is 1.38. The van der Waals surface area contributed by atoms with Gasteiger partial charge in [-0.3, -0.25) is 0 Å². The Balaban J connectivity index is 2.16. The molecule has 0 amide bonds. The molecule has 18 heavy (non-hydrogen) atoms. The van der Waals surface area contributed by atoms with Crippen LogP contribution in [0.25, 0.3) is 0 Å². The van der Waals surface area contributed by atoms with Crippen LogP contribution in [0.15, 0.2) is 18.2 Å². The smallest absolute Gasteiger partial charge is 0.371 e. The van der Waals surface area contributed by atoms with E-state index in [0.29, 0.717) is 18.7 Å². The molecule has 0 saturated heterocycles. The summed E-state index contributed by atoms with van der Waals surface area (Å²) in [7, 11) is 0. The zero-order valence-corrected chi connectivity index (χ0v) is 9.98. The summed E-state index contributed by atoms with van der Waals surface area (Å²) in [5.74, 6) is -0.271. The summed E-state index contributed by atoms with van der Waals surface area (Å²) in [6.45, 7) is 1.19. The van der Waals surface area contributed by atoms with Gasteiger partial charge in [-0.25, -0.2) is 4.39 Å². The van der Waals surface area contributed by atoms with Gasteiger partial charge in [0.1, 0.15) is 12.4 Å². The zero-order valence-electron chi connectivity index (χ0n) is 9.98. The fraction of sp³-hybridized carbons (Fsp3) is 0.500. The van der Waals surface area contributed by atoms with E-state index in [1.54, 1.807) is 19.1 Å². The molecular formula is C12H15F4NO. The molecule has 102 valence electrons. The molecule has 1 N–H and O–H groups in total. The minimum Gasteiger partial charge on any atom is -0.371 e. The Morgan fingerprint density at radius 2 is 2.00 bits per heavy atom. The summed E-state index contributed by atoms with van der Waals surface area (Å²) in [4.78, 5) is 0. The molecule has 0 aliphatic carbocycles. The van der Waals surface area contributed by atoms with E-state index < -0.39 is 12.8 Å². The highest BCUT2D eigenvalue weighted by molar-refractivity contribution is 5.23. The van der Waals surface area contributed by atoms with Crippen LogP contribution < -0.4 is 5.32 Å². The Hall–Kier alpha value is -1.14. The molecule has 0 aliphatic rings. The van der Waals surface area contributed by atoms with Crippen molar-refractivity contribution >= 4 is 0 Å². The van der Waals surface area contributed by atoms with Crippen LogP contribution in [-0.2, 0) is 11.3 Å². The van der Waals surface area contributed by atoms with E-state index in [4.69, 9.17) is 0 Å². The second-order valence-corrected chi connectivity index (χ2v) is 3.93. The molecule has 0 radical (unpaired) electrons. The van der Waals surface area contributed by atoms with Gasteiger partial charge in [0, 0.05) is 13.1 Å². The van der Waals surface area contributed by atoms with Crippen LogP contribution in [0.2, 0.25) is 0 Å². The van der Waals surface area contributed by atoms with Crippen molar-refractivity contribution in [2.24, 2.45) is 0 Å². The second-order valence-electron chi connectivity index (χ2n) is 3.93. The number of alkyl halides is 3. The number of nitrogens with one attached hydrogen (secondary N) is 1. The van der Waals surface area contributed by atoms with Crippen molar-refractivity contribution in [3.8, 4) is 0 Å². The third-order valence-electron chi connectivity index (χ3n) is 2.24. The van der Waals surface area contributed by atoms with E-state index in [1.807, 2.05) is 0 Å². The number of benzene rings is 1. The van der Waals surface area contributed by atoms with E-state index >= 15 is 0 Å². The molecule has 0 spiro atoms. The lowest BCUT2D eigenvalue weighted by Crippen LogP contribution is -2.23. The summed E-state index contributed by atoms with van der Waals surface area (Å²) in [5.41, 5.74) is 1.42. The number of hydrogen-bond donors (Lipinski definition) is 1. The Morgan fingerprint density at radius 1 is 1.28 bits per heavy atom. The van der Waals surface area contributed by atoms with Crippen LogP contribution in [-0.4, -0.2) is 25.9 Å². The molecule has 0 bridgehead atoms. The summed E-state index contributed by atoms with van der Waals surface area (Å²) < 4.78 is 52.6. The van der Waals surface area contributed by atoms with E-state index in [2.05, 4.69) is 10.1 Å². The lowest BCUT2D eigenvalue weighted by Gasteiger charge is -2.09. The summed E-state index contributed by atoms with van der Waals surface area (Å²) in [6, 6.07) is 4.69. The van der Waals surface area contributed by atoms with Gasteiger partial charge in [0.15, 0.2) is 0 Å². The van der Waals surface area contributed by atoms with E-state index in [9.17, 15) is 17.6 Å². The van der Waals surface area contributed by atoms with Crippen molar-refractivity contribution in [2.45, 2.75) is 19.6 Å². The van der Waals surface area contributed by atoms with Crippen LogP contribution in [0.1, 0.15) is 11.1 Å². The number of ether oxygens (including phenoxy) is 1. The van der Waals surface area contributed by atoms with Crippen molar-refractivity contribution in [1.82, 2.24) is 5.32 Å². The normalized spacial score (nSPS) is 11.8. The highest BCUT2D eigenvalue weighted by Crippen LogP contribution is 2.14. The van der Waals surface area contributed by atoms with Crippen molar-refractivity contribution in [1.29, 1.82) is 0 Å². The van der Waals surface area contributed by atoms with Gasteiger partial charge in [-0.2, -0.15) is 13.2 Å². The highest BCUT2D eigenvalue weighted by atomic mass is 19.4. The van der Waals surface area contributed by atoms with E-state index in [1.165, 1.54) is 6.07 Å². The molecule has 0 fully saturated rings. The first kappa shape index (κ1) is 14.9. The third kappa shape index (κ3) is 5.97. The Labute approximate surface area is 103 Å². The summed E-state index contributed by atoms with van der Waals surface area (Å²) in [5, 5.41) is 2.92. The number of hydrogen-bond acceptors (Lipinski definition) is 2. The highest BCUT2D eigenvalue weighted by Gasteiger charge is 2.27. The van der Waals surface area contributed by atoms with E-state index in [-0.39, 0.29) is 12.4 Å². The first-order valence-electron chi connectivity index (χ1n) is 5.49. The minimum atomic E-state index is -4.28. The molecule has 0 heterocycles. The standard InChI is InChI=1S/C12H15F4NO/c1-9-6-10(2-3-11(9)13)7-17-4-5-18-8-12(14,15)16/h2-3,6,17H,4-5,7-8H2,1H3. The molecule has 1 aromatic carbocycles. The van der Waals surface area contributed by atoms with Gasteiger partial charge in [-0.1, -0.05) is 12.1 Å². The maximum Gasteiger partial charge on any atom is 0.411 e. The second kappa shape index (κ2) is 6.70. The van der Waals surface area contributed by atoms with Crippen LogP contribution >= 0.6 is 0 Å². The van der Waals surface area contributed by atoms with Crippen molar-refractivity contribution < 1.29 is 22.3 Å². The fourth-order valence-electron chi connectivity index (χ4n) is 1.38. The third-order valence-corrected chi connectivity index (χ3v) is 2.24. The topological polar surface area (TPSA) is 21.3 Å². The van der Waals surface area contributed by atoms with Crippen LogP contribution in [0.5, 0.6) is 0 Å². The van der Waals surface area contributed by atoms with Crippen LogP contribution in [0.3, 0.4) is 0 Å². The van der Waals surface area contributed by atoms with Gasteiger partial charge < -0.3 is 10.1 Å². The molecule has 0 aliphatic heterocycles. The van der Waals surface area contributed by atoms with Crippen molar-refractivity contribution in [3.05, 3.63) is 35.1 Å². The summed E-state index contributed by atoms with van der Waals surface area (Å²) >= 11 is 0. The predicted octanol–water partition coefficient (Wildman–Crippen LogP) is 2.80. The molecule has 0 atom stereocenters. The lowest BCUT2D eigenvalue weighted by atomic mass is 10.1. The first-order valence-corrected chi connectivity index (χ1v) is 5.49. The minimum absolute atomic E-state index is 0.0142. The Morgan fingerprint density at radius 3 is 2.61 bits per heavy atom. The van der Waals surface area contributed by atoms with Crippen molar-refractivity contribution in [2.75, 3.05) is 19.8 Å². The Kier molecular flexibility index (Phi) is 5.55. The molecule has 0 aromatic heterocycles.